The maximum atomic E-state index is 12.9. The summed E-state index contributed by atoms with van der Waals surface area (Å²) in [5, 5.41) is 0. The van der Waals surface area contributed by atoms with Crippen LogP contribution in [0.1, 0.15) is 78.1 Å². The van der Waals surface area contributed by atoms with Crippen molar-refractivity contribution in [2.45, 2.75) is 87.8 Å². The smallest absolute Gasteiger partial charge is 0.206 e. The highest BCUT2D eigenvalue weighted by molar-refractivity contribution is 7.91. The van der Waals surface area contributed by atoms with E-state index in [1.165, 1.54) is 51.4 Å². The lowest BCUT2D eigenvalue weighted by Crippen LogP contribution is -2.03. The molecule has 0 saturated heterocycles. The van der Waals surface area contributed by atoms with E-state index < -0.39 is 9.84 Å². The van der Waals surface area contributed by atoms with Crippen LogP contribution in [-0.2, 0) is 9.84 Å². The van der Waals surface area contributed by atoms with Crippen LogP contribution in [0.3, 0.4) is 0 Å². The molecule has 0 N–H and O–H groups in total. The normalized spacial score (nSPS) is 11.4. The van der Waals surface area contributed by atoms with Crippen molar-refractivity contribution in [1.82, 2.24) is 0 Å². The van der Waals surface area contributed by atoms with Crippen molar-refractivity contribution >= 4 is 9.84 Å². The molecule has 0 aliphatic carbocycles. The Bertz CT molecular complexity index is 761. The summed E-state index contributed by atoms with van der Waals surface area (Å²) in [6.45, 7) is 5.72. The first-order chi connectivity index (χ1) is 15.1. The highest BCUT2D eigenvalue weighted by atomic mass is 32.2. The molecule has 4 nitrogen and oxygen atoms in total. The van der Waals surface area contributed by atoms with E-state index in [4.69, 9.17) is 9.47 Å². The molecule has 0 unspecified atom stereocenters. The van der Waals surface area contributed by atoms with Crippen LogP contribution in [0.4, 0.5) is 0 Å². The Balaban J connectivity index is 1.83. The largest absolute Gasteiger partial charge is 0.494 e. The molecule has 0 saturated carbocycles. The van der Waals surface area contributed by atoms with Gasteiger partial charge in [-0.2, -0.15) is 0 Å². The minimum absolute atomic E-state index is 0.271. The number of hydrogen-bond donors (Lipinski definition) is 0. The highest BCUT2D eigenvalue weighted by Gasteiger charge is 2.17. The Hall–Kier alpha value is -2.01. The maximum Gasteiger partial charge on any atom is 0.206 e. The van der Waals surface area contributed by atoms with Gasteiger partial charge in [0.05, 0.1) is 23.0 Å². The van der Waals surface area contributed by atoms with Gasteiger partial charge in [-0.25, -0.2) is 8.42 Å². The molecular formula is C26H38O4S. The molecule has 172 valence electrons. The topological polar surface area (TPSA) is 52.6 Å². The van der Waals surface area contributed by atoms with E-state index in [1.54, 1.807) is 48.5 Å². The van der Waals surface area contributed by atoms with E-state index in [9.17, 15) is 8.42 Å². The third kappa shape index (κ3) is 8.94. The minimum Gasteiger partial charge on any atom is -0.494 e. The summed E-state index contributed by atoms with van der Waals surface area (Å²) in [5.74, 6) is 1.41. The van der Waals surface area contributed by atoms with Crippen molar-refractivity contribution in [3.8, 4) is 11.5 Å². The molecule has 0 aliphatic heterocycles. The van der Waals surface area contributed by atoms with Gasteiger partial charge >= 0.3 is 0 Å². The maximum absolute atomic E-state index is 12.9. The molecule has 0 heterocycles. The van der Waals surface area contributed by atoms with Crippen molar-refractivity contribution in [2.75, 3.05) is 13.2 Å². The van der Waals surface area contributed by atoms with Gasteiger partial charge in [0.25, 0.3) is 0 Å². The van der Waals surface area contributed by atoms with E-state index in [-0.39, 0.29) is 9.79 Å². The van der Waals surface area contributed by atoms with Crippen LogP contribution in [0.5, 0.6) is 11.5 Å². The first kappa shape index (κ1) is 25.3. The minimum atomic E-state index is -3.55. The van der Waals surface area contributed by atoms with E-state index >= 15 is 0 Å². The van der Waals surface area contributed by atoms with Crippen LogP contribution >= 0.6 is 0 Å². The fourth-order valence-electron chi connectivity index (χ4n) is 3.36. The molecule has 0 aromatic heterocycles. The Morgan fingerprint density at radius 2 is 0.903 bits per heavy atom. The van der Waals surface area contributed by atoms with Gasteiger partial charge in [-0.05, 0) is 61.4 Å². The molecule has 0 radical (unpaired) electrons. The molecule has 2 aromatic carbocycles. The summed E-state index contributed by atoms with van der Waals surface area (Å²) in [7, 11) is -3.55. The first-order valence-corrected chi connectivity index (χ1v) is 13.3. The number of benzene rings is 2. The zero-order chi connectivity index (χ0) is 22.4. The average molecular weight is 447 g/mol. The Morgan fingerprint density at radius 3 is 1.26 bits per heavy atom. The molecular weight excluding hydrogens is 408 g/mol. The molecule has 2 aromatic rings. The van der Waals surface area contributed by atoms with E-state index in [1.807, 2.05) is 0 Å². The zero-order valence-corrected chi connectivity index (χ0v) is 20.0. The molecule has 0 fully saturated rings. The molecule has 0 aliphatic rings. The standard InChI is InChI=1S/C26H38O4S/c1-3-5-7-9-11-21-29-23-13-17-25(18-14-23)31(27,28)26-19-15-24(16-20-26)30-22-12-10-8-6-4-2/h13-20H,3-12,21-22H2,1-2H3. The zero-order valence-electron chi connectivity index (χ0n) is 19.1. The lowest BCUT2D eigenvalue weighted by molar-refractivity contribution is 0.304. The first-order valence-electron chi connectivity index (χ1n) is 11.8. The molecule has 0 atom stereocenters. The molecule has 0 spiro atoms. The average Bonchev–Trinajstić information content (AvgIpc) is 2.79. The number of ether oxygens (including phenoxy) is 2. The van der Waals surface area contributed by atoms with Crippen LogP contribution in [0.2, 0.25) is 0 Å². The number of hydrogen-bond acceptors (Lipinski definition) is 4. The van der Waals surface area contributed by atoms with Gasteiger partial charge in [-0.15, -0.1) is 0 Å². The number of rotatable bonds is 16. The van der Waals surface area contributed by atoms with Crippen LogP contribution in [0.15, 0.2) is 58.3 Å². The quantitative estimate of drug-likeness (QED) is 0.255. The lowest BCUT2D eigenvalue weighted by atomic mass is 10.2. The lowest BCUT2D eigenvalue weighted by Gasteiger charge is -2.09. The second kappa shape index (κ2) is 14.1. The van der Waals surface area contributed by atoms with Gasteiger partial charge in [0, 0.05) is 0 Å². The molecule has 5 heteroatoms. The Morgan fingerprint density at radius 1 is 0.548 bits per heavy atom. The van der Waals surface area contributed by atoms with Crippen LogP contribution in [0, 0.1) is 0 Å². The van der Waals surface area contributed by atoms with Crippen LogP contribution in [-0.4, -0.2) is 21.6 Å². The van der Waals surface area contributed by atoms with E-state index in [0.717, 1.165) is 12.8 Å². The van der Waals surface area contributed by atoms with Gasteiger partial charge in [0.15, 0.2) is 0 Å². The van der Waals surface area contributed by atoms with Crippen molar-refractivity contribution in [3.63, 3.8) is 0 Å². The molecule has 2 rings (SSSR count). The van der Waals surface area contributed by atoms with Gasteiger partial charge in [0.1, 0.15) is 11.5 Å². The SMILES string of the molecule is CCCCCCCOc1ccc(S(=O)(=O)c2ccc(OCCCCCCC)cc2)cc1. The van der Waals surface area contributed by atoms with Crippen molar-refractivity contribution in [1.29, 1.82) is 0 Å². The Labute approximate surface area is 188 Å². The van der Waals surface area contributed by atoms with Gasteiger partial charge in [-0.1, -0.05) is 65.2 Å². The van der Waals surface area contributed by atoms with Gasteiger partial charge in [0.2, 0.25) is 9.84 Å². The molecule has 0 bridgehead atoms. The summed E-state index contributed by atoms with van der Waals surface area (Å²) in [6, 6.07) is 13.4. The summed E-state index contributed by atoms with van der Waals surface area (Å²) in [5.41, 5.74) is 0. The van der Waals surface area contributed by atoms with Crippen molar-refractivity contribution in [2.24, 2.45) is 0 Å². The summed E-state index contributed by atoms with van der Waals surface area (Å²) >= 11 is 0. The summed E-state index contributed by atoms with van der Waals surface area (Å²) < 4.78 is 37.3. The predicted octanol–water partition coefficient (Wildman–Crippen LogP) is 7.22. The fourth-order valence-corrected chi connectivity index (χ4v) is 4.62. The third-order valence-corrected chi connectivity index (χ3v) is 7.09. The van der Waals surface area contributed by atoms with Crippen molar-refractivity contribution < 1.29 is 17.9 Å². The van der Waals surface area contributed by atoms with Gasteiger partial charge < -0.3 is 9.47 Å². The number of sulfone groups is 1. The summed E-state index contributed by atoms with van der Waals surface area (Å²) in [6.07, 6.45) is 11.8. The third-order valence-electron chi connectivity index (χ3n) is 5.30. The summed E-state index contributed by atoms with van der Waals surface area (Å²) in [4.78, 5) is 0.541. The second-order valence-electron chi connectivity index (χ2n) is 7.97. The number of unbranched alkanes of at least 4 members (excludes halogenated alkanes) is 8. The van der Waals surface area contributed by atoms with Crippen LogP contribution in [0.25, 0.3) is 0 Å². The monoisotopic (exact) mass is 446 g/mol. The molecule has 31 heavy (non-hydrogen) atoms. The van der Waals surface area contributed by atoms with Gasteiger partial charge in [-0.3, -0.25) is 0 Å². The van der Waals surface area contributed by atoms with E-state index in [2.05, 4.69) is 13.8 Å². The van der Waals surface area contributed by atoms with Crippen molar-refractivity contribution in [3.05, 3.63) is 48.5 Å². The highest BCUT2D eigenvalue weighted by Crippen LogP contribution is 2.25. The predicted molar refractivity (Wildman–Crippen MR) is 127 cm³/mol. The fraction of sp³-hybridized carbons (Fsp3) is 0.538. The van der Waals surface area contributed by atoms with E-state index in [0.29, 0.717) is 24.7 Å². The Kier molecular flexibility index (Phi) is 11.5. The molecule has 0 amide bonds. The van der Waals surface area contributed by atoms with Crippen LogP contribution < -0.4 is 9.47 Å². The second-order valence-corrected chi connectivity index (χ2v) is 9.92.